The van der Waals surface area contributed by atoms with Crippen molar-refractivity contribution in [2.24, 2.45) is 5.73 Å². The Hall–Kier alpha value is -4.94. The zero-order valence-electron chi connectivity index (χ0n) is 22.5. The Kier molecular flexibility index (Phi) is 9.43. The van der Waals surface area contributed by atoms with Gasteiger partial charge in [0.05, 0.1) is 17.5 Å². The largest absolute Gasteiger partial charge is 0.507 e. The van der Waals surface area contributed by atoms with Crippen LogP contribution in [0.2, 0.25) is 0 Å². The van der Waals surface area contributed by atoms with E-state index in [2.05, 4.69) is 20.9 Å². The number of nitrogens with one attached hydrogen (secondary N) is 4. The van der Waals surface area contributed by atoms with Crippen LogP contribution in [-0.2, 0) is 17.9 Å². The summed E-state index contributed by atoms with van der Waals surface area (Å²) in [5.41, 5.74) is 11.8. The molecule has 13 heteroatoms. The molecule has 0 atom stereocenters. The summed E-state index contributed by atoms with van der Waals surface area (Å²) >= 11 is 0. The molecule has 1 heterocycles. The Morgan fingerprint density at radius 2 is 1.90 bits per heavy atom. The number of nitrogens with two attached hydrogens (primary N) is 2. The van der Waals surface area contributed by atoms with E-state index in [9.17, 15) is 23.9 Å². The lowest BCUT2D eigenvalue weighted by Gasteiger charge is -2.17. The number of benzene rings is 2. The number of amidine groups is 1. The van der Waals surface area contributed by atoms with Crippen LogP contribution < -0.4 is 33.0 Å². The molecule has 9 N–H and O–H groups in total. The number of carbonyl (C=O) groups is 2. The summed E-state index contributed by atoms with van der Waals surface area (Å²) in [6.45, 7) is 5.45. The molecule has 0 radical (unpaired) electrons. The Balaban J connectivity index is 1.95. The maximum absolute atomic E-state index is 14.3. The van der Waals surface area contributed by atoms with Gasteiger partial charge < -0.3 is 32.5 Å². The van der Waals surface area contributed by atoms with Crippen LogP contribution in [0.5, 0.6) is 5.75 Å². The molecular weight excluding hydrogens is 519 g/mol. The van der Waals surface area contributed by atoms with E-state index in [1.54, 1.807) is 12.1 Å². The van der Waals surface area contributed by atoms with Gasteiger partial charge in [0.15, 0.2) is 5.82 Å². The highest BCUT2D eigenvalue weighted by molar-refractivity contribution is 5.98. The standard InChI is InChI=1S/C27H33FN8O4/c1-4-5-32-26(39)17-8-16(9-18(29)10-17)20-12-34-25(35-14(2)3)27(40)36(20)13-22(38)33-11-15-6-19(28)23(24(30)31)21(37)7-15/h6-10,12,14,37H,4-5,11,13,29H2,1-3H3,(H3,30,31)(H,32,39)(H,33,38)(H,34,35). The molecule has 2 aromatic carbocycles. The number of carbonyl (C=O) groups excluding carboxylic acids is 2. The molecular formula is C27H33FN8O4. The van der Waals surface area contributed by atoms with Crippen LogP contribution in [0, 0.1) is 11.2 Å². The molecule has 0 aliphatic heterocycles. The van der Waals surface area contributed by atoms with E-state index >= 15 is 0 Å². The number of amides is 2. The summed E-state index contributed by atoms with van der Waals surface area (Å²) in [6.07, 6.45) is 2.16. The van der Waals surface area contributed by atoms with Crippen LogP contribution in [0.1, 0.15) is 48.7 Å². The molecule has 0 fully saturated rings. The first-order valence-corrected chi connectivity index (χ1v) is 12.6. The average Bonchev–Trinajstić information content (AvgIpc) is 2.87. The smallest absolute Gasteiger partial charge is 0.294 e. The lowest BCUT2D eigenvalue weighted by Crippen LogP contribution is -2.35. The van der Waals surface area contributed by atoms with Gasteiger partial charge >= 0.3 is 0 Å². The fourth-order valence-corrected chi connectivity index (χ4v) is 3.93. The molecule has 3 aromatic rings. The summed E-state index contributed by atoms with van der Waals surface area (Å²) in [7, 11) is 0. The maximum Gasteiger partial charge on any atom is 0.294 e. The van der Waals surface area contributed by atoms with Crippen LogP contribution >= 0.6 is 0 Å². The molecule has 40 heavy (non-hydrogen) atoms. The maximum atomic E-state index is 14.3. The topological polar surface area (TPSA) is 201 Å². The van der Waals surface area contributed by atoms with E-state index in [0.29, 0.717) is 12.1 Å². The van der Waals surface area contributed by atoms with Gasteiger partial charge in [0.1, 0.15) is 23.9 Å². The first-order chi connectivity index (χ1) is 18.9. The van der Waals surface area contributed by atoms with Crippen LogP contribution in [0.3, 0.4) is 0 Å². The molecule has 0 aliphatic rings. The van der Waals surface area contributed by atoms with E-state index < -0.39 is 41.0 Å². The minimum Gasteiger partial charge on any atom is -0.507 e. The second-order valence-corrected chi connectivity index (χ2v) is 9.44. The molecule has 0 spiro atoms. The Morgan fingerprint density at radius 3 is 2.52 bits per heavy atom. The third-order valence-electron chi connectivity index (χ3n) is 5.72. The number of halogens is 1. The van der Waals surface area contributed by atoms with Crippen molar-refractivity contribution >= 4 is 29.2 Å². The second-order valence-electron chi connectivity index (χ2n) is 9.44. The predicted octanol–water partition coefficient (Wildman–Crippen LogP) is 1.90. The molecule has 0 bridgehead atoms. The lowest BCUT2D eigenvalue weighted by atomic mass is 10.1. The van der Waals surface area contributed by atoms with E-state index in [1.807, 2.05) is 20.8 Å². The van der Waals surface area contributed by atoms with Crippen molar-refractivity contribution in [3.63, 3.8) is 0 Å². The summed E-state index contributed by atoms with van der Waals surface area (Å²) in [5.74, 6) is -2.97. The number of hydrogen-bond donors (Lipinski definition) is 7. The van der Waals surface area contributed by atoms with Crippen LogP contribution in [0.25, 0.3) is 11.3 Å². The number of rotatable bonds is 11. The normalized spacial score (nSPS) is 10.8. The fraction of sp³-hybridized carbons (Fsp3) is 0.296. The molecule has 0 aliphatic carbocycles. The van der Waals surface area contributed by atoms with Crippen molar-refractivity contribution in [1.82, 2.24) is 20.2 Å². The van der Waals surface area contributed by atoms with Gasteiger partial charge in [-0.25, -0.2) is 9.37 Å². The van der Waals surface area contributed by atoms with Gasteiger partial charge in [-0.2, -0.15) is 0 Å². The highest BCUT2D eigenvalue weighted by Gasteiger charge is 2.18. The van der Waals surface area contributed by atoms with Crippen LogP contribution in [0.4, 0.5) is 15.9 Å². The molecule has 2 amide bonds. The molecule has 0 saturated carbocycles. The number of phenolic OH excluding ortho intramolecular Hbond substituents is 1. The van der Waals surface area contributed by atoms with Gasteiger partial charge in [-0.15, -0.1) is 0 Å². The van der Waals surface area contributed by atoms with Gasteiger partial charge in [-0.1, -0.05) is 6.92 Å². The third-order valence-corrected chi connectivity index (χ3v) is 5.72. The Bertz CT molecular complexity index is 1480. The Morgan fingerprint density at radius 1 is 1.18 bits per heavy atom. The number of hydrogen-bond acceptors (Lipinski definition) is 8. The third kappa shape index (κ3) is 7.12. The highest BCUT2D eigenvalue weighted by Crippen LogP contribution is 2.24. The molecule has 1 aromatic heterocycles. The highest BCUT2D eigenvalue weighted by atomic mass is 19.1. The van der Waals surface area contributed by atoms with Gasteiger partial charge in [-0.3, -0.25) is 24.4 Å². The lowest BCUT2D eigenvalue weighted by molar-refractivity contribution is -0.121. The van der Waals surface area contributed by atoms with Crippen molar-refractivity contribution < 1.29 is 19.1 Å². The van der Waals surface area contributed by atoms with Gasteiger partial charge in [0.2, 0.25) is 5.91 Å². The number of aromatic nitrogens is 2. The molecule has 12 nitrogen and oxygen atoms in total. The monoisotopic (exact) mass is 552 g/mol. The SMILES string of the molecule is CCCNC(=O)c1cc(N)cc(-c2cnc(NC(C)C)c(=O)n2CC(=O)NCc2cc(O)c(C(=N)N)c(F)c2)c1. The van der Waals surface area contributed by atoms with Gasteiger partial charge in [0, 0.05) is 35.9 Å². The van der Waals surface area contributed by atoms with Gasteiger partial charge in [0.25, 0.3) is 11.5 Å². The number of aromatic hydroxyl groups is 1. The quantitative estimate of drug-likeness (QED) is 0.106. The van der Waals surface area contributed by atoms with Crippen molar-refractivity contribution in [3.05, 3.63) is 69.4 Å². The van der Waals surface area contributed by atoms with Crippen molar-refractivity contribution in [2.75, 3.05) is 17.6 Å². The van der Waals surface area contributed by atoms with Crippen LogP contribution in [0.15, 0.2) is 41.3 Å². The van der Waals surface area contributed by atoms with E-state index in [1.165, 1.54) is 22.9 Å². The first-order valence-electron chi connectivity index (χ1n) is 12.6. The zero-order valence-corrected chi connectivity index (χ0v) is 22.5. The molecule has 3 rings (SSSR count). The van der Waals surface area contributed by atoms with Crippen LogP contribution in [-0.4, -0.2) is 44.9 Å². The minimum atomic E-state index is -0.908. The summed E-state index contributed by atoms with van der Waals surface area (Å²) in [6, 6.07) is 6.76. The van der Waals surface area contributed by atoms with E-state index in [0.717, 1.165) is 12.5 Å². The molecule has 0 saturated heterocycles. The first kappa shape index (κ1) is 29.6. The summed E-state index contributed by atoms with van der Waals surface area (Å²) in [5, 5.41) is 25.7. The Labute approximate surface area is 230 Å². The fourth-order valence-electron chi connectivity index (χ4n) is 3.93. The average molecular weight is 553 g/mol. The summed E-state index contributed by atoms with van der Waals surface area (Å²) < 4.78 is 15.5. The van der Waals surface area contributed by atoms with Crippen molar-refractivity contribution in [2.45, 2.75) is 46.3 Å². The van der Waals surface area contributed by atoms with E-state index in [4.69, 9.17) is 16.9 Å². The number of nitrogens with zero attached hydrogens (tertiary/aromatic N) is 2. The number of anilines is 2. The second kappa shape index (κ2) is 12.7. The zero-order chi connectivity index (χ0) is 29.6. The van der Waals surface area contributed by atoms with Crippen molar-refractivity contribution in [1.29, 1.82) is 5.41 Å². The summed E-state index contributed by atoms with van der Waals surface area (Å²) in [4.78, 5) is 43.1. The van der Waals surface area contributed by atoms with Gasteiger partial charge in [-0.05, 0) is 56.2 Å². The molecule has 0 unspecified atom stereocenters. The predicted molar refractivity (Wildman–Crippen MR) is 151 cm³/mol. The number of phenols is 1. The van der Waals surface area contributed by atoms with Crippen molar-refractivity contribution in [3.8, 4) is 17.0 Å². The van der Waals surface area contributed by atoms with E-state index in [-0.39, 0.29) is 46.8 Å². The number of nitrogen functional groups attached to an aromatic ring is 2. The molecule has 212 valence electrons. The minimum absolute atomic E-state index is 0.0307.